The molecule has 1 aromatic heterocycles. The normalized spacial score (nSPS) is 17.3. The number of amides is 1. The fourth-order valence-electron chi connectivity index (χ4n) is 3.47. The first-order valence-corrected chi connectivity index (χ1v) is 13.0. The Hall–Kier alpha value is -2.49. The molecular formula is C22H20ClNO6S2. The Balaban J connectivity index is 1.44. The fraction of sp³-hybridized carbons (Fsp3) is 0.273. The molecule has 7 nitrogen and oxygen atoms in total. The van der Waals surface area contributed by atoms with Gasteiger partial charge in [-0.25, -0.2) is 13.2 Å². The van der Waals surface area contributed by atoms with Gasteiger partial charge in [0.25, 0.3) is 5.91 Å². The first-order chi connectivity index (χ1) is 15.3. The Morgan fingerprint density at radius 1 is 1.16 bits per heavy atom. The number of furan rings is 1. The predicted octanol–water partition coefficient (Wildman–Crippen LogP) is 3.84. The number of ether oxygens (including phenoxy) is 1. The van der Waals surface area contributed by atoms with E-state index in [2.05, 4.69) is 5.32 Å². The molecule has 0 radical (unpaired) electrons. The summed E-state index contributed by atoms with van der Waals surface area (Å²) in [4.78, 5) is 25.8. The van der Waals surface area contributed by atoms with Crippen molar-refractivity contribution in [3.63, 3.8) is 0 Å². The van der Waals surface area contributed by atoms with E-state index in [1.165, 1.54) is 11.8 Å². The number of para-hydroxylation sites is 1. The number of esters is 1. The second-order valence-electron chi connectivity index (χ2n) is 7.39. The molecule has 4 rings (SSSR count). The van der Waals surface area contributed by atoms with Crippen LogP contribution in [0.1, 0.15) is 22.5 Å². The van der Waals surface area contributed by atoms with E-state index < -0.39 is 34.4 Å². The van der Waals surface area contributed by atoms with Crippen molar-refractivity contribution >= 4 is 56.0 Å². The number of carbonyl (C=O) groups excluding carboxylic acids is 2. The Bertz CT molecular complexity index is 1250. The number of benzene rings is 2. The third-order valence-electron chi connectivity index (χ3n) is 5.01. The van der Waals surface area contributed by atoms with Crippen molar-refractivity contribution in [2.75, 3.05) is 18.1 Å². The van der Waals surface area contributed by atoms with Crippen LogP contribution in [0.3, 0.4) is 0 Å². The number of rotatable bonds is 7. The van der Waals surface area contributed by atoms with Crippen LogP contribution in [0.2, 0.25) is 5.02 Å². The van der Waals surface area contributed by atoms with Crippen molar-refractivity contribution in [2.24, 2.45) is 0 Å². The average Bonchev–Trinajstić information content (AvgIpc) is 3.31. The third-order valence-corrected chi connectivity index (χ3v) is 8.07. The summed E-state index contributed by atoms with van der Waals surface area (Å²) in [7, 11) is -3.11. The van der Waals surface area contributed by atoms with E-state index >= 15 is 0 Å². The minimum Gasteiger partial charge on any atom is -0.450 e. The molecular weight excluding hydrogens is 474 g/mol. The molecule has 0 saturated carbocycles. The molecule has 0 unspecified atom stereocenters. The molecule has 2 heterocycles. The smallest absolute Gasteiger partial charge is 0.375 e. The molecule has 1 N–H and O–H groups in total. The van der Waals surface area contributed by atoms with Crippen LogP contribution in [-0.4, -0.2) is 44.4 Å². The SMILES string of the molecule is O=C(COC(=O)c1oc2ccccc2c1CSc1ccc(Cl)cc1)N[C@@H]1CCS(=O)(=O)C1. The zero-order valence-corrected chi connectivity index (χ0v) is 19.3. The van der Waals surface area contributed by atoms with Crippen molar-refractivity contribution in [3.8, 4) is 0 Å². The van der Waals surface area contributed by atoms with Gasteiger partial charge >= 0.3 is 5.97 Å². The molecule has 0 bridgehead atoms. The monoisotopic (exact) mass is 493 g/mol. The average molecular weight is 494 g/mol. The second kappa shape index (κ2) is 9.56. The first kappa shape index (κ1) is 22.7. The molecule has 1 amide bonds. The highest BCUT2D eigenvalue weighted by molar-refractivity contribution is 7.98. The lowest BCUT2D eigenvalue weighted by atomic mass is 10.1. The summed E-state index contributed by atoms with van der Waals surface area (Å²) in [5.74, 6) is -0.845. The van der Waals surface area contributed by atoms with Gasteiger partial charge in [-0.05, 0) is 36.8 Å². The predicted molar refractivity (Wildman–Crippen MR) is 123 cm³/mol. The van der Waals surface area contributed by atoms with E-state index in [1.807, 2.05) is 24.3 Å². The molecule has 0 spiro atoms. The molecule has 1 aliphatic rings. The van der Waals surface area contributed by atoms with Crippen LogP contribution >= 0.6 is 23.4 Å². The molecule has 168 valence electrons. The largest absolute Gasteiger partial charge is 0.450 e. The maximum absolute atomic E-state index is 12.7. The zero-order valence-electron chi connectivity index (χ0n) is 16.9. The molecule has 3 aromatic rings. The van der Waals surface area contributed by atoms with Crippen LogP contribution in [0.5, 0.6) is 0 Å². The van der Waals surface area contributed by atoms with Gasteiger partial charge in [0, 0.05) is 32.7 Å². The third kappa shape index (κ3) is 5.46. The first-order valence-electron chi connectivity index (χ1n) is 9.86. The topological polar surface area (TPSA) is 103 Å². The molecule has 2 aromatic carbocycles. The molecule has 10 heteroatoms. The lowest BCUT2D eigenvalue weighted by Crippen LogP contribution is -2.38. The summed E-state index contributed by atoms with van der Waals surface area (Å²) in [6, 6.07) is 14.2. The van der Waals surface area contributed by atoms with Crippen molar-refractivity contribution in [2.45, 2.75) is 23.1 Å². The molecule has 1 aliphatic heterocycles. The van der Waals surface area contributed by atoms with Crippen molar-refractivity contribution in [1.82, 2.24) is 5.32 Å². The summed E-state index contributed by atoms with van der Waals surface area (Å²) in [6.07, 6.45) is 0.359. The lowest BCUT2D eigenvalue weighted by Gasteiger charge is -2.11. The van der Waals surface area contributed by atoms with Gasteiger partial charge in [-0.3, -0.25) is 4.79 Å². The van der Waals surface area contributed by atoms with Gasteiger partial charge in [0.1, 0.15) is 5.58 Å². The number of fused-ring (bicyclic) bond motifs is 1. The fourth-order valence-corrected chi connectivity index (χ4v) is 6.19. The van der Waals surface area contributed by atoms with Crippen LogP contribution < -0.4 is 5.32 Å². The van der Waals surface area contributed by atoms with E-state index in [9.17, 15) is 18.0 Å². The van der Waals surface area contributed by atoms with E-state index in [1.54, 1.807) is 24.3 Å². The number of hydrogen-bond donors (Lipinski definition) is 1. The summed E-state index contributed by atoms with van der Waals surface area (Å²) in [6.45, 7) is -0.518. The van der Waals surface area contributed by atoms with Gasteiger partial charge < -0.3 is 14.5 Å². The molecule has 1 atom stereocenters. The second-order valence-corrected chi connectivity index (χ2v) is 11.1. The molecule has 32 heavy (non-hydrogen) atoms. The highest BCUT2D eigenvalue weighted by Crippen LogP contribution is 2.32. The standard InChI is InChI=1S/C22H20ClNO6S2/c23-14-5-7-16(8-6-14)31-12-18-17-3-1-2-4-19(17)30-21(18)22(26)29-11-20(25)24-15-9-10-32(27,28)13-15/h1-8,15H,9-13H2,(H,24,25)/t15-/m1/s1. The Labute approximate surface area is 194 Å². The summed E-state index contributed by atoms with van der Waals surface area (Å²) < 4.78 is 33.9. The van der Waals surface area contributed by atoms with Crippen molar-refractivity contribution in [1.29, 1.82) is 0 Å². The van der Waals surface area contributed by atoms with E-state index in [0.29, 0.717) is 28.3 Å². The molecule has 0 aliphatic carbocycles. The Morgan fingerprint density at radius 2 is 1.91 bits per heavy atom. The lowest BCUT2D eigenvalue weighted by molar-refractivity contribution is -0.124. The summed E-state index contributed by atoms with van der Waals surface area (Å²) >= 11 is 7.45. The number of thioether (sulfide) groups is 1. The van der Waals surface area contributed by atoms with Gasteiger partial charge in [0.05, 0.1) is 11.5 Å². The quantitative estimate of drug-likeness (QED) is 0.394. The number of carbonyl (C=O) groups is 2. The number of halogens is 1. The number of hydrogen-bond acceptors (Lipinski definition) is 7. The van der Waals surface area contributed by atoms with Gasteiger partial charge in [0.15, 0.2) is 16.4 Å². The summed E-state index contributed by atoms with van der Waals surface area (Å²) in [5.41, 5.74) is 1.22. The van der Waals surface area contributed by atoms with Crippen LogP contribution in [0.4, 0.5) is 0 Å². The van der Waals surface area contributed by atoms with Crippen LogP contribution in [-0.2, 0) is 25.1 Å². The maximum atomic E-state index is 12.7. The number of sulfone groups is 1. The zero-order chi connectivity index (χ0) is 22.7. The number of nitrogens with one attached hydrogen (secondary N) is 1. The Morgan fingerprint density at radius 3 is 2.62 bits per heavy atom. The van der Waals surface area contributed by atoms with Crippen molar-refractivity contribution < 1.29 is 27.2 Å². The minimum absolute atomic E-state index is 0.0453. The van der Waals surface area contributed by atoms with Gasteiger partial charge in [-0.1, -0.05) is 29.8 Å². The van der Waals surface area contributed by atoms with Gasteiger partial charge in [-0.2, -0.15) is 0 Å². The van der Waals surface area contributed by atoms with Crippen molar-refractivity contribution in [3.05, 3.63) is 64.9 Å². The highest BCUT2D eigenvalue weighted by atomic mass is 35.5. The van der Waals surface area contributed by atoms with Crippen LogP contribution in [0.15, 0.2) is 57.8 Å². The van der Waals surface area contributed by atoms with Gasteiger partial charge in [-0.15, -0.1) is 11.8 Å². The minimum atomic E-state index is -3.11. The van der Waals surface area contributed by atoms with E-state index in [0.717, 1.165) is 10.3 Å². The van der Waals surface area contributed by atoms with Gasteiger partial charge in [0.2, 0.25) is 5.76 Å². The van der Waals surface area contributed by atoms with E-state index in [-0.39, 0.29) is 17.3 Å². The molecule has 1 fully saturated rings. The maximum Gasteiger partial charge on any atom is 0.375 e. The summed E-state index contributed by atoms with van der Waals surface area (Å²) in [5, 5.41) is 4.03. The van der Waals surface area contributed by atoms with Crippen LogP contribution in [0.25, 0.3) is 11.0 Å². The van der Waals surface area contributed by atoms with Crippen LogP contribution in [0, 0.1) is 0 Å². The molecule has 1 saturated heterocycles. The highest BCUT2D eigenvalue weighted by Gasteiger charge is 2.29. The van der Waals surface area contributed by atoms with E-state index in [4.69, 9.17) is 20.8 Å². The Kier molecular flexibility index (Phi) is 6.78.